The minimum absolute atomic E-state index is 0.0397. The van der Waals surface area contributed by atoms with E-state index >= 15 is 0 Å². The van der Waals surface area contributed by atoms with Crippen LogP contribution in [0.5, 0.6) is 0 Å². The lowest BCUT2D eigenvalue weighted by atomic mass is 10.1. The topological polar surface area (TPSA) is 102 Å². The van der Waals surface area contributed by atoms with Crippen molar-refractivity contribution in [2.45, 2.75) is 13.0 Å². The van der Waals surface area contributed by atoms with Gasteiger partial charge in [0.15, 0.2) is 5.82 Å². The predicted molar refractivity (Wildman–Crippen MR) is 117 cm³/mol. The SMILES string of the molecule is C[C@@H]1COCCN1c1ccc(-c2cn(-c3c(F)cccc3F)c(=O)c3c(N)n[nH]c23)nc1. The Morgan fingerprint density at radius 3 is 2.69 bits per heavy atom. The molecule has 1 aliphatic heterocycles. The molecule has 0 radical (unpaired) electrons. The summed E-state index contributed by atoms with van der Waals surface area (Å²) in [5.74, 6) is -1.80. The summed E-state index contributed by atoms with van der Waals surface area (Å²) in [5.41, 5.74) is 6.94. The van der Waals surface area contributed by atoms with Crippen LogP contribution in [-0.2, 0) is 4.74 Å². The van der Waals surface area contributed by atoms with Gasteiger partial charge in [-0.05, 0) is 31.2 Å². The summed E-state index contributed by atoms with van der Waals surface area (Å²) in [5, 5.41) is 6.71. The molecule has 4 aromatic rings. The average Bonchev–Trinajstić information content (AvgIpc) is 3.18. The van der Waals surface area contributed by atoms with Crippen molar-refractivity contribution in [3.8, 4) is 16.9 Å². The van der Waals surface area contributed by atoms with Crippen molar-refractivity contribution < 1.29 is 13.5 Å². The number of halogens is 2. The number of benzene rings is 1. The van der Waals surface area contributed by atoms with Crippen molar-refractivity contribution in [2.24, 2.45) is 0 Å². The van der Waals surface area contributed by atoms with Crippen molar-refractivity contribution in [3.05, 3.63) is 64.7 Å². The van der Waals surface area contributed by atoms with Gasteiger partial charge in [0.1, 0.15) is 22.7 Å². The van der Waals surface area contributed by atoms with Gasteiger partial charge in [0.25, 0.3) is 5.56 Å². The van der Waals surface area contributed by atoms with Crippen molar-refractivity contribution in [3.63, 3.8) is 0 Å². The second-order valence-corrected chi connectivity index (χ2v) is 7.67. The Balaban J connectivity index is 1.68. The molecular formula is C22H20F2N6O2. The van der Waals surface area contributed by atoms with Crippen LogP contribution in [0.2, 0.25) is 0 Å². The lowest BCUT2D eigenvalue weighted by Crippen LogP contribution is -2.43. The van der Waals surface area contributed by atoms with Crippen LogP contribution < -0.4 is 16.2 Å². The van der Waals surface area contributed by atoms with Gasteiger partial charge < -0.3 is 15.4 Å². The molecule has 0 unspecified atom stereocenters. The van der Waals surface area contributed by atoms with Gasteiger partial charge >= 0.3 is 0 Å². The predicted octanol–water partition coefficient (Wildman–Crippen LogP) is 2.86. The molecule has 1 aliphatic rings. The first-order chi connectivity index (χ1) is 15.5. The number of morpholine rings is 1. The number of H-pyrrole nitrogens is 1. The number of nitrogens with zero attached hydrogens (tertiary/aromatic N) is 4. The minimum atomic E-state index is -0.871. The number of nitrogens with one attached hydrogen (secondary N) is 1. The number of pyridine rings is 2. The Hall–Kier alpha value is -3.79. The van der Waals surface area contributed by atoms with Crippen LogP contribution in [0.3, 0.4) is 0 Å². The summed E-state index contributed by atoms with van der Waals surface area (Å²) in [4.78, 5) is 19.8. The summed E-state index contributed by atoms with van der Waals surface area (Å²) in [6, 6.07) is 7.32. The molecule has 3 N–H and O–H groups in total. The van der Waals surface area contributed by atoms with Crippen LogP contribution in [0, 0.1) is 11.6 Å². The van der Waals surface area contributed by atoms with Crippen LogP contribution >= 0.6 is 0 Å². The molecule has 0 aliphatic carbocycles. The molecule has 0 spiro atoms. The third-order valence-corrected chi connectivity index (χ3v) is 5.66. The van der Waals surface area contributed by atoms with E-state index in [9.17, 15) is 13.6 Å². The van der Waals surface area contributed by atoms with Crippen LogP contribution in [0.4, 0.5) is 20.3 Å². The first-order valence-electron chi connectivity index (χ1n) is 10.1. The Morgan fingerprint density at radius 2 is 2.00 bits per heavy atom. The van der Waals surface area contributed by atoms with Crippen molar-refractivity contribution in [1.82, 2.24) is 19.7 Å². The minimum Gasteiger partial charge on any atom is -0.382 e. The highest BCUT2D eigenvalue weighted by molar-refractivity contribution is 5.97. The number of hydrogen-bond donors (Lipinski definition) is 2. The fourth-order valence-corrected chi connectivity index (χ4v) is 4.05. The number of aromatic nitrogens is 4. The molecule has 1 fully saturated rings. The molecule has 1 atom stereocenters. The van der Waals surface area contributed by atoms with E-state index in [2.05, 4.69) is 27.0 Å². The molecule has 0 bridgehead atoms. The van der Waals surface area contributed by atoms with Crippen LogP contribution in [0.25, 0.3) is 27.8 Å². The number of nitrogens with two attached hydrogens (primary N) is 1. The number of ether oxygens (including phenoxy) is 1. The first-order valence-corrected chi connectivity index (χ1v) is 10.1. The van der Waals surface area contributed by atoms with E-state index in [0.717, 1.165) is 28.9 Å². The molecule has 0 amide bonds. The number of fused-ring (bicyclic) bond motifs is 1. The third-order valence-electron chi connectivity index (χ3n) is 5.66. The number of rotatable bonds is 3. The lowest BCUT2D eigenvalue weighted by molar-refractivity contribution is 0.0989. The number of para-hydroxylation sites is 1. The fourth-order valence-electron chi connectivity index (χ4n) is 4.05. The molecule has 1 aromatic carbocycles. The van der Waals surface area contributed by atoms with E-state index in [1.165, 1.54) is 12.3 Å². The van der Waals surface area contributed by atoms with Gasteiger partial charge in [-0.2, -0.15) is 5.10 Å². The molecule has 10 heteroatoms. The Bertz CT molecular complexity index is 1350. The number of nitrogen functional groups attached to an aromatic ring is 1. The highest BCUT2D eigenvalue weighted by atomic mass is 19.1. The molecule has 8 nitrogen and oxygen atoms in total. The summed E-state index contributed by atoms with van der Waals surface area (Å²) in [7, 11) is 0. The van der Waals surface area contributed by atoms with E-state index in [0.29, 0.717) is 30.0 Å². The zero-order chi connectivity index (χ0) is 22.4. The number of hydrogen-bond acceptors (Lipinski definition) is 6. The van der Waals surface area contributed by atoms with Crippen LogP contribution in [0.15, 0.2) is 47.5 Å². The third kappa shape index (κ3) is 3.19. The largest absolute Gasteiger partial charge is 0.382 e. The van der Waals surface area contributed by atoms with Gasteiger partial charge in [0, 0.05) is 24.3 Å². The molecular weight excluding hydrogens is 418 g/mol. The Labute approximate surface area is 181 Å². The molecule has 4 heterocycles. The van der Waals surface area contributed by atoms with Gasteiger partial charge in [-0.1, -0.05) is 6.07 Å². The molecule has 1 saturated heterocycles. The molecule has 32 heavy (non-hydrogen) atoms. The fraction of sp³-hybridized carbons (Fsp3) is 0.227. The van der Waals surface area contributed by atoms with E-state index in [1.54, 1.807) is 12.3 Å². The Kier molecular flexibility index (Phi) is 4.86. The summed E-state index contributed by atoms with van der Waals surface area (Å²) < 4.78 is 35.4. The smallest absolute Gasteiger partial charge is 0.268 e. The summed E-state index contributed by atoms with van der Waals surface area (Å²) in [6.45, 7) is 4.10. The monoisotopic (exact) mass is 438 g/mol. The summed E-state index contributed by atoms with van der Waals surface area (Å²) in [6.07, 6.45) is 3.07. The van der Waals surface area contributed by atoms with Gasteiger partial charge in [-0.3, -0.25) is 19.4 Å². The highest BCUT2D eigenvalue weighted by Crippen LogP contribution is 2.30. The van der Waals surface area contributed by atoms with Crippen LogP contribution in [0.1, 0.15) is 6.92 Å². The second-order valence-electron chi connectivity index (χ2n) is 7.67. The molecule has 3 aromatic heterocycles. The average molecular weight is 438 g/mol. The van der Waals surface area contributed by atoms with E-state index < -0.39 is 22.9 Å². The summed E-state index contributed by atoms with van der Waals surface area (Å²) >= 11 is 0. The molecule has 164 valence electrons. The number of anilines is 2. The zero-order valence-corrected chi connectivity index (χ0v) is 17.2. The second kappa shape index (κ2) is 7.72. The maximum atomic E-state index is 14.5. The van der Waals surface area contributed by atoms with Gasteiger partial charge in [0.05, 0.1) is 36.3 Å². The quantitative estimate of drug-likeness (QED) is 0.510. The van der Waals surface area contributed by atoms with Gasteiger partial charge in [0.2, 0.25) is 0 Å². The maximum absolute atomic E-state index is 14.5. The van der Waals surface area contributed by atoms with Crippen LogP contribution in [-0.4, -0.2) is 45.5 Å². The normalized spacial score (nSPS) is 16.6. The van der Waals surface area contributed by atoms with E-state index in [-0.39, 0.29) is 17.2 Å². The first kappa shape index (κ1) is 20.1. The zero-order valence-electron chi connectivity index (χ0n) is 17.2. The van der Waals surface area contributed by atoms with E-state index in [4.69, 9.17) is 10.5 Å². The highest BCUT2D eigenvalue weighted by Gasteiger charge is 2.22. The molecule has 0 saturated carbocycles. The maximum Gasteiger partial charge on any atom is 0.268 e. The molecule has 5 rings (SSSR count). The van der Waals surface area contributed by atoms with Gasteiger partial charge in [-0.15, -0.1) is 0 Å². The Morgan fingerprint density at radius 1 is 1.22 bits per heavy atom. The van der Waals surface area contributed by atoms with Gasteiger partial charge in [-0.25, -0.2) is 8.78 Å². The lowest BCUT2D eigenvalue weighted by Gasteiger charge is -2.35. The van der Waals surface area contributed by atoms with Crippen molar-refractivity contribution in [1.29, 1.82) is 0 Å². The van der Waals surface area contributed by atoms with E-state index in [1.807, 2.05) is 6.07 Å². The van der Waals surface area contributed by atoms with Crippen molar-refractivity contribution in [2.75, 3.05) is 30.4 Å². The van der Waals surface area contributed by atoms with Crippen molar-refractivity contribution >= 4 is 22.4 Å². The standard InChI is InChI=1S/C22H20F2N6O2/c1-12-11-32-8-7-29(12)13-5-6-17(26-9-13)14-10-30(20-15(23)3-2-4-16(20)24)22(31)18-19(14)27-28-21(18)25/h2-6,9-10,12H,7-8,11H2,1H3,(H3,25,27,28)/t12-/m1/s1. The number of aromatic amines is 1.